The first-order valence-electron chi connectivity index (χ1n) is 6.94. The first-order valence-corrected chi connectivity index (χ1v) is 6.94. The van der Waals surface area contributed by atoms with Crippen LogP contribution in [-0.4, -0.2) is 33.4 Å². The van der Waals surface area contributed by atoms with Crippen LogP contribution in [0.25, 0.3) is 0 Å². The van der Waals surface area contributed by atoms with Crippen molar-refractivity contribution in [1.29, 1.82) is 0 Å². The Morgan fingerprint density at radius 2 is 1.62 bits per heavy atom. The molecule has 1 atom stereocenters. The Labute approximate surface area is 137 Å². The fourth-order valence-corrected chi connectivity index (χ4v) is 1.83. The number of nitrogens with one attached hydrogen (secondary N) is 1. The lowest BCUT2D eigenvalue weighted by molar-refractivity contribution is 0.0692. The van der Waals surface area contributed by atoms with Gasteiger partial charge in [0.25, 0.3) is 5.91 Å². The summed E-state index contributed by atoms with van der Waals surface area (Å²) in [4.78, 5) is 22.6. The van der Waals surface area contributed by atoms with Gasteiger partial charge in [-0.2, -0.15) is 10.2 Å². The average molecular weight is 329 g/mol. The smallest absolute Gasteiger partial charge is 0.339 e. The molecule has 0 saturated heterocycles. The Morgan fingerprint density at radius 1 is 1.04 bits per heavy atom. The van der Waals surface area contributed by atoms with Crippen molar-refractivity contribution in [1.82, 2.24) is 5.32 Å². The summed E-state index contributed by atoms with van der Waals surface area (Å²) in [6.07, 6.45) is -0.949. The SMILES string of the molecule is CC(O)NC(=O)c1ccc(/N=N/c2ccc(O)c(C(=O)O)c2)cc1. The molecule has 2 rings (SSSR count). The highest BCUT2D eigenvalue weighted by atomic mass is 16.4. The average Bonchev–Trinajstić information content (AvgIpc) is 2.53. The molecular formula is C16H15N3O5. The Morgan fingerprint density at radius 3 is 2.21 bits per heavy atom. The number of carbonyl (C=O) groups is 2. The highest BCUT2D eigenvalue weighted by molar-refractivity contribution is 5.94. The molecule has 24 heavy (non-hydrogen) atoms. The van der Waals surface area contributed by atoms with Gasteiger partial charge in [-0.25, -0.2) is 4.79 Å². The Kier molecular flexibility index (Phi) is 5.23. The van der Waals surface area contributed by atoms with Crippen LogP contribution < -0.4 is 5.32 Å². The van der Waals surface area contributed by atoms with Crippen molar-refractivity contribution < 1.29 is 24.9 Å². The van der Waals surface area contributed by atoms with E-state index in [0.717, 1.165) is 0 Å². The van der Waals surface area contributed by atoms with Gasteiger partial charge >= 0.3 is 5.97 Å². The fourth-order valence-electron chi connectivity index (χ4n) is 1.83. The van der Waals surface area contributed by atoms with Crippen LogP contribution in [0.2, 0.25) is 0 Å². The van der Waals surface area contributed by atoms with Crippen LogP contribution in [0.3, 0.4) is 0 Å². The highest BCUT2D eigenvalue weighted by Gasteiger charge is 2.10. The minimum absolute atomic E-state index is 0.265. The van der Waals surface area contributed by atoms with Crippen LogP contribution in [0.1, 0.15) is 27.6 Å². The van der Waals surface area contributed by atoms with Crippen LogP contribution in [0, 0.1) is 0 Å². The number of hydrogen-bond acceptors (Lipinski definition) is 6. The van der Waals surface area contributed by atoms with Gasteiger partial charge in [-0.1, -0.05) is 0 Å². The molecule has 8 heteroatoms. The first kappa shape index (κ1) is 17.1. The predicted molar refractivity (Wildman–Crippen MR) is 84.8 cm³/mol. The lowest BCUT2D eigenvalue weighted by atomic mass is 10.2. The number of aromatic carboxylic acids is 1. The summed E-state index contributed by atoms with van der Waals surface area (Å²) in [7, 11) is 0. The summed E-state index contributed by atoms with van der Waals surface area (Å²) < 4.78 is 0. The largest absolute Gasteiger partial charge is 0.507 e. The fraction of sp³-hybridized carbons (Fsp3) is 0.125. The number of aliphatic hydroxyl groups excluding tert-OH is 1. The molecule has 0 fully saturated rings. The molecule has 0 aliphatic rings. The first-order chi connectivity index (χ1) is 11.4. The predicted octanol–water partition coefficient (Wildman–Crippen LogP) is 2.57. The molecule has 1 unspecified atom stereocenters. The van der Waals surface area contributed by atoms with Gasteiger partial charge in [-0.3, -0.25) is 4.79 Å². The monoisotopic (exact) mass is 329 g/mol. The molecule has 0 saturated carbocycles. The Balaban J connectivity index is 2.14. The van der Waals surface area contributed by atoms with Crippen molar-refractivity contribution >= 4 is 23.3 Å². The van der Waals surface area contributed by atoms with Crippen LogP contribution in [0.5, 0.6) is 5.75 Å². The molecule has 0 bridgehead atoms. The molecule has 2 aromatic rings. The summed E-state index contributed by atoms with van der Waals surface area (Å²) in [6, 6.07) is 10.00. The molecule has 8 nitrogen and oxygen atoms in total. The van der Waals surface area contributed by atoms with E-state index >= 15 is 0 Å². The number of phenols is 1. The molecule has 2 aromatic carbocycles. The van der Waals surface area contributed by atoms with E-state index in [-0.39, 0.29) is 17.0 Å². The number of amides is 1. The number of hydrogen-bond donors (Lipinski definition) is 4. The quantitative estimate of drug-likeness (QED) is 0.494. The van der Waals surface area contributed by atoms with Gasteiger partial charge in [0, 0.05) is 5.56 Å². The van der Waals surface area contributed by atoms with Gasteiger partial charge in [0.05, 0.1) is 11.4 Å². The number of rotatable bonds is 5. The number of aromatic hydroxyl groups is 1. The van der Waals surface area contributed by atoms with Gasteiger partial charge in [-0.15, -0.1) is 0 Å². The number of carbonyl (C=O) groups excluding carboxylic acids is 1. The summed E-state index contributed by atoms with van der Waals surface area (Å²) in [6.45, 7) is 1.43. The van der Waals surface area contributed by atoms with E-state index in [4.69, 9.17) is 10.2 Å². The van der Waals surface area contributed by atoms with Crippen LogP contribution >= 0.6 is 0 Å². The molecule has 4 N–H and O–H groups in total. The van der Waals surface area contributed by atoms with E-state index < -0.39 is 18.1 Å². The van der Waals surface area contributed by atoms with Crippen LogP contribution in [0.4, 0.5) is 11.4 Å². The molecule has 0 aromatic heterocycles. The Bertz CT molecular complexity index is 785. The second kappa shape index (κ2) is 7.34. The third-order valence-electron chi connectivity index (χ3n) is 2.96. The normalized spacial score (nSPS) is 12.1. The number of carboxylic acid groups (broad SMARTS) is 1. The third-order valence-corrected chi connectivity index (χ3v) is 2.96. The molecule has 0 spiro atoms. The van der Waals surface area contributed by atoms with E-state index in [2.05, 4.69) is 15.5 Å². The maximum Gasteiger partial charge on any atom is 0.339 e. The molecule has 0 heterocycles. The van der Waals surface area contributed by atoms with Gasteiger partial charge in [0.15, 0.2) is 0 Å². The molecule has 0 radical (unpaired) electrons. The maximum atomic E-state index is 11.7. The van der Waals surface area contributed by atoms with Gasteiger partial charge in [-0.05, 0) is 49.4 Å². The van der Waals surface area contributed by atoms with Crippen LogP contribution in [0.15, 0.2) is 52.7 Å². The Hall–Kier alpha value is -3.26. The molecule has 1 amide bonds. The second-order valence-corrected chi connectivity index (χ2v) is 4.90. The minimum atomic E-state index is -1.27. The molecule has 124 valence electrons. The molecular weight excluding hydrogens is 314 g/mol. The number of azo groups is 1. The van der Waals surface area contributed by atoms with E-state index in [9.17, 15) is 14.7 Å². The van der Waals surface area contributed by atoms with Crippen molar-refractivity contribution in [3.05, 3.63) is 53.6 Å². The standard InChI is InChI=1S/C16H15N3O5/c1-9(20)17-15(22)10-2-4-11(5-3-10)18-19-12-6-7-14(21)13(8-12)16(23)24/h2-9,20-21H,1H3,(H,17,22)(H,23,24)/b19-18+. The lowest BCUT2D eigenvalue weighted by Crippen LogP contribution is -2.31. The minimum Gasteiger partial charge on any atom is -0.507 e. The summed E-state index contributed by atoms with van der Waals surface area (Å²) >= 11 is 0. The second-order valence-electron chi connectivity index (χ2n) is 4.90. The van der Waals surface area contributed by atoms with Crippen molar-refractivity contribution in [2.24, 2.45) is 10.2 Å². The highest BCUT2D eigenvalue weighted by Crippen LogP contribution is 2.25. The van der Waals surface area contributed by atoms with E-state index in [0.29, 0.717) is 11.3 Å². The molecule has 0 aliphatic heterocycles. The zero-order valence-corrected chi connectivity index (χ0v) is 12.7. The lowest BCUT2D eigenvalue weighted by Gasteiger charge is -2.07. The summed E-state index contributed by atoms with van der Waals surface area (Å²) in [5.74, 6) is -2.04. The number of nitrogens with zero attached hydrogens (tertiary/aromatic N) is 2. The summed E-state index contributed by atoms with van der Waals surface area (Å²) in [5, 5.41) is 37.6. The summed E-state index contributed by atoms with van der Waals surface area (Å²) in [5.41, 5.74) is 0.805. The zero-order valence-electron chi connectivity index (χ0n) is 12.7. The van der Waals surface area contributed by atoms with Crippen LogP contribution in [-0.2, 0) is 0 Å². The van der Waals surface area contributed by atoms with E-state index in [1.807, 2.05) is 0 Å². The number of aliphatic hydroxyl groups is 1. The number of carboxylic acids is 1. The van der Waals surface area contributed by atoms with Gasteiger partial charge < -0.3 is 20.6 Å². The van der Waals surface area contributed by atoms with E-state index in [1.54, 1.807) is 12.1 Å². The third kappa shape index (κ3) is 4.37. The van der Waals surface area contributed by atoms with Crippen molar-refractivity contribution in [2.45, 2.75) is 13.2 Å². The topological polar surface area (TPSA) is 132 Å². The van der Waals surface area contributed by atoms with Crippen molar-refractivity contribution in [3.8, 4) is 5.75 Å². The zero-order chi connectivity index (χ0) is 17.7. The number of benzene rings is 2. The van der Waals surface area contributed by atoms with Gasteiger partial charge in [0.2, 0.25) is 0 Å². The van der Waals surface area contributed by atoms with Crippen molar-refractivity contribution in [3.63, 3.8) is 0 Å². The van der Waals surface area contributed by atoms with Crippen molar-refractivity contribution in [2.75, 3.05) is 0 Å². The maximum absolute atomic E-state index is 11.7. The molecule has 0 aliphatic carbocycles. The van der Waals surface area contributed by atoms with E-state index in [1.165, 1.54) is 37.3 Å². The van der Waals surface area contributed by atoms with Gasteiger partial charge in [0.1, 0.15) is 17.5 Å².